The summed E-state index contributed by atoms with van der Waals surface area (Å²) in [5.41, 5.74) is 2.46. The van der Waals surface area contributed by atoms with Crippen LogP contribution in [0, 0.1) is 6.92 Å². The van der Waals surface area contributed by atoms with Crippen LogP contribution in [-0.4, -0.2) is 33.4 Å². The molecule has 1 amide bonds. The third-order valence-corrected chi connectivity index (χ3v) is 4.46. The third-order valence-electron chi connectivity index (χ3n) is 4.46. The highest BCUT2D eigenvalue weighted by Gasteiger charge is 2.39. The Labute approximate surface area is 117 Å². The summed E-state index contributed by atoms with van der Waals surface area (Å²) in [4.78, 5) is 16.7. The van der Waals surface area contributed by atoms with Crippen molar-refractivity contribution in [3.8, 4) is 0 Å². The van der Waals surface area contributed by atoms with Gasteiger partial charge in [-0.2, -0.15) is 0 Å². The van der Waals surface area contributed by atoms with Gasteiger partial charge in [-0.1, -0.05) is 0 Å². The molecular formula is C15H18N4O. The number of amides is 1. The summed E-state index contributed by atoms with van der Waals surface area (Å²) in [7, 11) is 0. The van der Waals surface area contributed by atoms with Gasteiger partial charge in [0.1, 0.15) is 5.65 Å². The molecule has 4 rings (SSSR count). The van der Waals surface area contributed by atoms with Gasteiger partial charge in [-0.25, -0.2) is 4.98 Å². The quantitative estimate of drug-likeness (QED) is 0.864. The van der Waals surface area contributed by atoms with E-state index in [1.807, 2.05) is 35.9 Å². The summed E-state index contributed by atoms with van der Waals surface area (Å²) in [6.07, 6.45) is 7.33. The van der Waals surface area contributed by atoms with Crippen LogP contribution in [0.1, 0.15) is 35.3 Å². The van der Waals surface area contributed by atoms with Gasteiger partial charge < -0.3 is 15.0 Å². The van der Waals surface area contributed by atoms with Crippen LogP contribution in [0.5, 0.6) is 0 Å². The van der Waals surface area contributed by atoms with Crippen molar-refractivity contribution in [1.82, 2.24) is 20.0 Å². The summed E-state index contributed by atoms with van der Waals surface area (Å²) in [5, 5.41) is 6.70. The van der Waals surface area contributed by atoms with Gasteiger partial charge in [0.15, 0.2) is 0 Å². The van der Waals surface area contributed by atoms with Crippen LogP contribution >= 0.6 is 0 Å². The minimum atomic E-state index is 0.00695. The zero-order chi connectivity index (χ0) is 13.7. The molecule has 2 aromatic heterocycles. The predicted octanol–water partition coefficient (Wildman–Crippen LogP) is 1.27. The molecule has 2 N–H and O–H groups in total. The highest BCUT2D eigenvalue weighted by atomic mass is 16.1. The number of pyridine rings is 1. The molecule has 2 aliphatic heterocycles. The van der Waals surface area contributed by atoms with E-state index in [9.17, 15) is 4.79 Å². The lowest BCUT2D eigenvalue weighted by atomic mass is 9.95. The Hall–Kier alpha value is -1.88. The molecule has 2 aromatic rings. The molecule has 0 saturated carbocycles. The molecule has 0 aromatic carbocycles. The van der Waals surface area contributed by atoms with E-state index >= 15 is 0 Å². The topological polar surface area (TPSA) is 58.4 Å². The van der Waals surface area contributed by atoms with Gasteiger partial charge in [-0.3, -0.25) is 4.79 Å². The van der Waals surface area contributed by atoms with Gasteiger partial charge in [-0.15, -0.1) is 0 Å². The Bertz CT molecular complexity index is 678. The SMILES string of the molecule is Cc1cn2ccc(C(=O)NC3CC4CCC3N4)cc2n1. The molecule has 104 valence electrons. The molecule has 3 unspecified atom stereocenters. The van der Waals surface area contributed by atoms with Crippen molar-refractivity contribution in [2.45, 2.75) is 44.3 Å². The molecule has 4 heterocycles. The molecule has 3 atom stereocenters. The van der Waals surface area contributed by atoms with Crippen LogP contribution in [0.15, 0.2) is 24.5 Å². The van der Waals surface area contributed by atoms with Crippen LogP contribution in [0.3, 0.4) is 0 Å². The number of aromatic nitrogens is 2. The largest absolute Gasteiger partial charge is 0.348 e. The number of carbonyl (C=O) groups is 1. The lowest BCUT2D eigenvalue weighted by molar-refractivity contribution is 0.0931. The van der Waals surface area contributed by atoms with Crippen molar-refractivity contribution in [2.24, 2.45) is 0 Å². The zero-order valence-corrected chi connectivity index (χ0v) is 11.5. The van der Waals surface area contributed by atoms with Crippen LogP contribution in [-0.2, 0) is 0 Å². The normalized spacial score (nSPS) is 28.1. The molecule has 0 radical (unpaired) electrons. The van der Waals surface area contributed by atoms with E-state index in [0.717, 1.165) is 17.8 Å². The first-order chi connectivity index (χ1) is 9.69. The molecular weight excluding hydrogens is 252 g/mol. The van der Waals surface area contributed by atoms with Crippen molar-refractivity contribution in [3.05, 3.63) is 35.8 Å². The zero-order valence-electron chi connectivity index (χ0n) is 11.5. The van der Waals surface area contributed by atoms with E-state index in [4.69, 9.17) is 0 Å². The molecule has 5 nitrogen and oxygen atoms in total. The first-order valence-corrected chi connectivity index (χ1v) is 7.21. The van der Waals surface area contributed by atoms with E-state index in [1.165, 1.54) is 12.8 Å². The van der Waals surface area contributed by atoms with Gasteiger partial charge in [0, 0.05) is 36.1 Å². The second-order valence-corrected chi connectivity index (χ2v) is 5.93. The fourth-order valence-corrected chi connectivity index (χ4v) is 3.49. The molecule has 0 spiro atoms. The highest BCUT2D eigenvalue weighted by Crippen LogP contribution is 2.28. The maximum absolute atomic E-state index is 12.4. The Balaban J connectivity index is 1.54. The number of nitrogens with zero attached hydrogens (tertiary/aromatic N) is 2. The van der Waals surface area contributed by atoms with Gasteiger partial charge >= 0.3 is 0 Å². The first kappa shape index (κ1) is 11.9. The number of aryl methyl sites for hydroxylation is 1. The molecule has 5 heteroatoms. The summed E-state index contributed by atoms with van der Waals surface area (Å²) in [6, 6.07) is 5.04. The smallest absolute Gasteiger partial charge is 0.251 e. The number of nitrogens with one attached hydrogen (secondary N) is 2. The van der Waals surface area contributed by atoms with Gasteiger partial charge in [0.2, 0.25) is 0 Å². The summed E-state index contributed by atoms with van der Waals surface area (Å²) in [5.74, 6) is 0.00695. The number of fused-ring (bicyclic) bond motifs is 3. The Morgan fingerprint density at radius 3 is 3.15 bits per heavy atom. The van der Waals surface area contributed by atoms with E-state index < -0.39 is 0 Å². The van der Waals surface area contributed by atoms with Gasteiger partial charge in [-0.05, 0) is 38.3 Å². The molecule has 2 fully saturated rings. The summed E-state index contributed by atoms with van der Waals surface area (Å²) < 4.78 is 1.94. The lowest BCUT2D eigenvalue weighted by Crippen LogP contribution is -2.42. The minimum Gasteiger partial charge on any atom is -0.348 e. The van der Waals surface area contributed by atoms with Crippen molar-refractivity contribution in [1.29, 1.82) is 0 Å². The van der Waals surface area contributed by atoms with Crippen molar-refractivity contribution < 1.29 is 4.79 Å². The van der Waals surface area contributed by atoms with Gasteiger partial charge in [0.05, 0.1) is 5.69 Å². The van der Waals surface area contributed by atoms with Crippen LogP contribution in [0.4, 0.5) is 0 Å². The van der Waals surface area contributed by atoms with Crippen LogP contribution in [0.2, 0.25) is 0 Å². The highest BCUT2D eigenvalue weighted by molar-refractivity contribution is 5.95. The second kappa shape index (κ2) is 4.31. The average molecular weight is 270 g/mol. The maximum atomic E-state index is 12.4. The number of imidazole rings is 1. The lowest BCUT2D eigenvalue weighted by Gasteiger charge is -2.21. The van der Waals surface area contributed by atoms with Crippen molar-refractivity contribution in [3.63, 3.8) is 0 Å². The molecule has 2 saturated heterocycles. The number of hydrogen-bond donors (Lipinski definition) is 2. The monoisotopic (exact) mass is 270 g/mol. The third kappa shape index (κ3) is 1.89. The van der Waals surface area contributed by atoms with Crippen LogP contribution < -0.4 is 10.6 Å². The number of rotatable bonds is 2. The fraction of sp³-hybridized carbons (Fsp3) is 0.467. The first-order valence-electron chi connectivity index (χ1n) is 7.21. The standard InChI is InChI=1S/C15H18N4O/c1-9-8-19-5-4-10(6-14(19)16-9)15(20)18-13-7-11-2-3-12(13)17-11/h4-6,8,11-13,17H,2-3,7H2,1H3,(H,18,20). The van der Waals surface area contributed by atoms with E-state index in [0.29, 0.717) is 17.6 Å². The van der Waals surface area contributed by atoms with Crippen LogP contribution in [0.25, 0.3) is 5.65 Å². The molecule has 0 aliphatic carbocycles. The molecule has 2 bridgehead atoms. The van der Waals surface area contributed by atoms with Gasteiger partial charge in [0.25, 0.3) is 5.91 Å². The Kier molecular flexibility index (Phi) is 2.57. The Morgan fingerprint density at radius 2 is 2.40 bits per heavy atom. The molecule has 20 heavy (non-hydrogen) atoms. The average Bonchev–Trinajstić information content (AvgIpc) is 3.10. The van der Waals surface area contributed by atoms with Crippen molar-refractivity contribution in [2.75, 3.05) is 0 Å². The maximum Gasteiger partial charge on any atom is 0.251 e. The molecule has 2 aliphatic rings. The fourth-order valence-electron chi connectivity index (χ4n) is 3.49. The summed E-state index contributed by atoms with van der Waals surface area (Å²) >= 11 is 0. The van der Waals surface area contributed by atoms with E-state index in [2.05, 4.69) is 15.6 Å². The second-order valence-electron chi connectivity index (χ2n) is 5.93. The Morgan fingerprint density at radius 1 is 1.50 bits per heavy atom. The van der Waals surface area contributed by atoms with Crippen molar-refractivity contribution >= 4 is 11.6 Å². The predicted molar refractivity (Wildman–Crippen MR) is 75.7 cm³/mol. The van der Waals surface area contributed by atoms with E-state index in [-0.39, 0.29) is 11.9 Å². The number of hydrogen-bond acceptors (Lipinski definition) is 3. The summed E-state index contributed by atoms with van der Waals surface area (Å²) in [6.45, 7) is 1.95. The minimum absolute atomic E-state index is 0.00695. The number of carbonyl (C=O) groups excluding carboxylic acids is 1. The van der Waals surface area contributed by atoms with E-state index in [1.54, 1.807) is 0 Å².